The van der Waals surface area contributed by atoms with Crippen LogP contribution in [0.3, 0.4) is 0 Å². The van der Waals surface area contributed by atoms with Gasteiger partial charge < -0.3 is 9.13 Å². The van der Waals surface area contributed by atoms with Crippen LogP contribution >= 0.6 is 7.14 Å². The maximum Gasteiger partial charge on any atom is 0.171 e. The number of benzene rings is 7. The fourth-order valence-corrected chi connectivity index (χ4v) is 10.3. The van der Waals surface area contributed by atoms with Crippen LogP contribution in [0.15, 0.2) is 158 Å². The van der Waals surface area contributed by atoms with Crippen LogP contribution in [0.2, 0.25) is 0 Å². The zero-order valence-corrected chi connectivity index (χ0v) is 26.7. The van der Waals surface area contributed by atoms with E-state index in [2.05, 4.69) is 115 Å². The van der Waals surface area contributed by atoms with E-state index in [9.17, 15) is 4.57 Å². The molecule has 220 valence electrons. The van der Waals surface area contributed by atoms with E-state index in [0.29, 0.717) is 0 Å². The van der Waals surface area contributed by atoms with Crippen molar-refractivity contribution in [3.63, 3.8) is 0 Å². The second kappa shape index (κ2) is 9.91. The highest BCUT2D eigenvalue weighted by Gasteiger charge is 2.35. The van der Waals surface area contributed by atoms with Gasteiger partial charge >= 0.3 is 0 Å². The number of rotatable bonds is 4. The Hall–Kier alpha value is -5.17. The Morgan fingerprint density at radius 2 is 1.11 bits per heavy atom. The van der Waals surface area contributed by atoms with Gasteiger partial charge in [0.25, 0.3) is 0 Å². The Kier molecular flexibility index (Phi) is 5.85. The molecule has 7 aromatic carbocycles. The Morgan fingerprint density at radius 3 is 1.87 bits per heavy atom. The van der Waals surface area contributed by atoms with Gasteiger partial charge in [0.1, 0.15) is 0 Å². The Labute approximate surface area is 269 Å². The van der Waals surface area contributed by atoms with Crippen molar-refractivity contribution in [2.45, 2.75) is 19.3 Å². The molecule has 0 aliphatic carbocycles. The maximum atomic E-state index is 15.0. The first kappa shape index (κ1) is 27.2. The van der Waals surface area contributed by atoms with Gasteiger partial charge in [-0.05, 0) is 63.4 Å². The molecule has 0 N–H and O–H groups in total. The molecule has 0 bridgehead atoms. The van der Waals surface area contributed by atoms with E-state index in [1.807, 2.05) is 60.7 Å². The SMILES string of the molecule is CC1(C)c2cc(-c3ccc4cc(P(=O)(c5ccccc5)c5ccccc5)ccc4c3)ccc2-n2c3ccccc3c3cccc1c32. The van der Waals surface area contributed by atoms with Crippen LogP contribution in [-0.4, -0.2) is 4.57 Å². The molecule has 1 aromatic heterocycles. The third-order valence-electron chi connectivity index (χ3n) is 10.0. The van der Waals surface area contributed by atoms with Crippen LogP contribution in [0.25, 0.3) is 49.4 Å². The monoisotopic (exact) mass is 609 g/mol. The predicted octanol–water partition coefficient (Wildman–Crippen LogP) is 9.88. The van der Waals surface area contributed by atoms with Crippen LogP contribution in [0, 0.1) is 0 Å². The lowest BCUT2D eigenvalue weighted by atomic mass is 9.74. The van der Waals surface area contributed by atoms with E-state index in [4.69, 9.17) is 0 Å². The van der Waals surface area contributed by atoms with Gasteiger partial charge in [-0.1, -0.05) is 141 Å². The van der Waals surface area contributed by atoms with E-state index in [1.54, 1.807) is 0 Å². The fraction of sp³-hybridized carbons (Fsp3) is 0.0698. The number of para-hydroxylation sites is 2. The molecule has 2 heterocycles. The first-order chi connectivity index (χ1) is 22.4. The lowest BCUT2D eigenvalue weighted by Crippen LogP contribution is -2.26. The summed E-state index contributed by atoms with van der Waals surface area (Å²) in [6.07, 6.45) is 0. The van der Waals surface area contributed by atoms with Gasteiger partial charge in [0, 0.05) is 32.1 Å². The standard InChI is InChI=1S/C43H32NOP/c1-43(2)38-18-11-17-37-36-16-9-10-19-40(36)44(42(37)38)41-25-23-32(28-39(41)43)29-20-21-31-27-35(24-22-30(31)26-29)46(45,33-12-5-3-6-13-33)34-14-7-4-8-15-34/h3-28H,1-2H3. The van der Waals surface area contributed by atoms with Crippen LogP contribution in [-0.2, 0) is 9.98 Å². The van der Waals surface area contributed by atoms with Gasteiger partial charge in [0.05, 0.1) is 16.7 Å². The van der Waals surface area contributed by atoms with E-state index in [0.717, 1.165) is 26.7 Å². The zero-order valence-electron chi connectivity index (χ0n) is 25.8. The minimum absolute atomic E-state index is 0.156. The first-order valence-corrected chi connectivity index (χ1v) is 17.6. The number of nitrogens with zero attached hydrogens (tertiary/aromatic N) is 1. The lowest BCUT2D eigenvalue weighted by molar-refractivity contribution is 0.592. The second-order valence-corrected chi connectivity index (χ2v) is 15.7. The van der Waals surface area contributed by atoms with Gasteiger partial charge in [-0.3, -0.25) is 0 Å². The van der Waals surface area contributed by atoms with Crippen LogP contribution in [0.4, 0.5) is 0 Å². The van der Waals surface area contributed by atoms with E-state index in [1.165, 1.54) is 49.7 Å². The second-order valence-electron chi connectivity index (χ2n) is 12.9. The van der Waals surface area contributed by atoms with Gasteiger partial charge in [-0.15, -0.1) is 0 Å². The molecule has 0 spiro atoms. The summed E-state index contributed by atoms with van der Waals surface area (Å²) in [5, 5.41) is 7.38. The molecule has 0 saturated heterocycles. The number of hydrogen-bond donors (Lipinski definition) is 0. The molecular weight excluding hydrogens is 577 g/mol. The van der Waals surface area contributed by atoms with Crippen molar-refractivity contribution < 1.29 is 4.57 Å². The minimum atomic E-state index is -3.04. The molecule has 0 amide bonds. The third-order valence-corrected chi connectivity index (χ3v) is 13.1. The average Bonchev–Trinajstić information content (AvgIpc) is 3.45. The molecular formula is C43H32NOP. The van der Waals surface area contributed by atoms with E-state index < -0.39 is 7.14 Å². The van der Waals surface area contributed by atoms with E-state index in [-0.39, 0.29) is 5.41 Å². The van der Waals surface area contributed by atoms with Crippen molar-refractivity contribution in [3.8, 4) is 16.8 Å². The molecule has 0 unspecified atom stereocenters. The highest BCUT2D eigenvalue weighted by Crippen LogP contribution is 2.48. The molecule has 2 nitrogen and oxygen atoms in total. The summed E-state index contributed by atoms with van der Waals surface area (Å²) < 4.78 is 17.4. The van der Waals surface area contributed by atoms with Crippen molar-refractivity contribution in [1.29, 1.82) is 0 Å². The fourth-order valence-electron chi connectivity index (χ4n) is 7.66. The smallest absolute Gasteiger partial charge is 0.171 e. The molecule has 1 aliphatic heterocycles. The molecule has 0 radical (unpaired) electrons. The predicted molar refractivity (Wildman–Crippen MR) is 195 cm³/mol. The van der Waals surface area contributed by atoms with Crippen molar-refractivity contribution in [2.75, 3.05) is 0 Å². The molecule has 9 rings (SSSR count). The third kappa shape index (κ3) is 3.81. The Balaban J connectivity index is 1.17. The Bertz CT molecular complexity index is 2480. The molecule has 8 aromatic rings. The largest absolute Gasteiger partial charge is 0.309 e. The van der Waals surface area contributed by atoms with Crippen LogP contribution < -0.4 is 15.9 Å². The van der Waals surface area contributed by atoms with E-state index >= 15 is 0 Å². The van der Waals surface area contributed by atoms with Gasteiger partial charge in [-0.2, -0.15) is 0 Å². The van der Waals surface area contributed by atoms with Gasteiger partial charge in [0.15, 0.2) is 7.14 Å². The van der Waals surface area contributed by atoms with Crippen LogP contribution in [0.5, 0.6) is 0 Å². The summed E-state index contributed by atoms with van der Waals surface area (Å²) in [4.78, 5) is 0. The zero-order chi connectivity index (χ0) is 31.0. The summed E-state index contributed by atoms with van der Waals surface area (Å²) in [6.45, 7) is 4.70. The van der Waals surface area contributed by atoms with Crippen molar-refractivity contribution in [1.82, 2.24) is 4.57 Å². The highest BCUT2D eigenvalue weighted by atomic mass is 31.2. The summed E-state index contributed by atoms with van der Waals surface area (Å²) in [5.41, 5.74) is 8.72. The van der Waals surface area contributed by atoms with Crippen molar-refractivity contribution in [3.05, 3.63) is 169 Å². The summed E-state index contributed by atoms with van der Waals surface area (Å²) in [6, 6.07) is 55.2. The summed E-state index contributed by atoms with van der Waals surface area (Å²) in [7, 11) is -3.04. The molecule has 0 saturated carbocycles. The quantitative estimate of drug-likeness (QED) is 0.182. The normalized spacial score (nSPS) is 13.7. The van der Waals surface area contributed by atoms with Gasteiger partial charge in [-0.25, -0.2) is 0 Å². The molecule has 46 heavy (non-hydrogen) atoms. The minimum Gasteiger partial charge on any atom is -0.309 e. The number of aromatic nitrogens is 1. The molecule has 1 aliphatic rings. The molecule has 3 heteroatoms. The Morgan fingerprint density at radius 1 is 0.500 bits per heavy atom. The van der Waals surface area contributed by atoms with Gasteiger partial charge in [0.2, 0.25) is 0 Å². The highest BCUT2D eigenvalue weighted by molar-refractivity contribution is 7.85. The number of hydrogen-bond acceptors (Lipinski definition) is 1. The summed E-state index contributed by atoms with van der Waals surface area (Å²) in [5.74, 6) is 0. The van der Waals surface area contributed by atoms with Crippen molar-refractivity contribution in [2.24, 2.45) is 0 Å². The van der Waals surface area contributed by atoms with Crippen molar-refractivity contribution >= 4 is 55.6 Å². The maximum absolute atomic E-state index is 15.0. The molecule has 0 atom stereocenters. The lowest BCUT2D eigenvalue weighted by Gasteiger charge is -2.35. The summed E-state index contributed by atoms with van der Waals surface area (Å²) >= 11 is 0. The number of fused-ring (bicyclic) bond motifs is 6. The topological polar surface area (TPSA) is 22.0 Å². The first-order valence-electron chi connectivity index (χ1n) is 15.9. The average molecular weight is 610 g/mol. The van der Waals surface area contributed by atoms with Crippen LogP contribution in [0.1, 0.15) is 25.0 Å². The molecule has 0 fully saturated rings.